The first-order valence-electron chi connectivity index (χ1n) is 3.89. The summed E-state index contributed by atoms with van der Waals surface area (Å²) in [6.45, 7) is 0.706. The van der Waals surface area contributed by atoms with Gasteiger partial charge in [0.15, 0.2) is 0 Å². The summed E-state index contributed by atoms with van der Waals surface area (Å²) in [6, 6.07) is 5.70. The summed E-state index contributed by atoms with van der Waals surface area (Å²) in [5.41, 5.74) is 14.3. The van der Waals surface area contributed by atoms with Gasteiger partial charge in [-0.2, -0.15) is 0 Å². The van der Waals surface area contributed by atoms with E-state index in [1.165, 1.54) is 0 Å². The van der Waals surface area contributed by atoms with Crippen LogP contribution in [0.2, 0.25) is 0 Å². The Hall–Kier alpha value is -1.26. The molecule has 1 aromatic carbocycles. The van der Waals surface area contributed by atoms with E-state index in [-0.39, 0.29) is 6.17 Å². The second-order valence-electron chi connectivity index (χ2n) is 2.88. The van der Waals surface area contributed by atoms with Gasteiger partial charge in [-0.1, -0.05) is 0 Å². The molecular weight excluding hydrogens is 152 g/mol. The lowest BCUT2D eigenvalue weighted by atomic mass is 10.1. The van der Waals surface area contributed by atoms with Crippen LogP contribution in [-0.2, 0) is 0 Å². The number of nitrogen functional groups attached to an aromatic ring is 1. The fraction of sp³-hybridized carbons (Fsp3) is 0.250. The van der Waals surface area contributed by atoms with Gasteiger partial charge in [-0.3, -0.25) is 5.32 Å². The number of hydrogen-bond acceptors (Lipinski definition) is 4. The molecule has 4 heteroatoms. The second kappa shape index (κ2) is 2.66. The first-order valence-corrected chi connectivity index (χ1v) is 3.89. The van der Waals surface area contributed by atoms with Crippen molar-refractivity contribution in [2.75, 3.05) is 17.7 Å². The summed E-state index contributed by atoms with van der Waals surface area (Å²) in [5.74, 6) is 0. The molecule has 0 spiro atoms. The number of rotatable bonds is 0. The molecule has 0 bridgehead atoms. The highest BCUT2D eigenvalue weighted by atomic mass is 15.2. The van der Waals surface area contributed by atoms with Gasteiger partial charge >= 0.3 is 0 Å². The molecular formula is C8H12N4. The Morgan fingerprint density at radius 3 is 3.08 bits per heavy atom. The van der Waals surface area contributed by atoms with Gasteiger partial charge in [0.1, 0.15) is 0 Å². The minimum atomic E-state index is -0.107. The number of fused-ring (bicyclic) bond motifs is 1. The van der Waals surface area contributed by atoms with Gasteiger partial charge in [-0.05, 0) is 18.2 Å². The maximum Gasteiger partial charge on any atom is 0.0844 e. The van der Waals surface area contributed by atoms with Crippen molar-refractivity contribution >= 4 is 11.4 Å². The highest BCUT2D eigenvalue weighted by Crippen LogP contribution is 2.24. The molecule has 4 nitrogen and oxygen atoms in total. The van der Waals surface area contributed by atoms with Gasteiger partial charge in [0.2, 0.25) is 0 Å². The van der Waals surface area contributed by atoms with Gasteiger partial charge in [-0.25, -0.2) is 0 Å². The summed E-state index contributed by atoms with van der Waals surface area (Å²) in [4.78, 5) is 0. The molecule has 1 aromatic rings. The van der Waals surface area contributed by atoms with Crippen molar-refractivity contribution < 1.29 is 0 Å². The third-order valence-corrected chi connectivity index (χ3v) is 2.01. The van der Waals surface area contributed by atoms with Crippen molar-refractivity contribution in [2.45, 2.75) is 6.17 Å². The SMILES string of the molecule is Nc1ccc2c(c1)C(N)NCN2. The van der Waals surface area contributed by atoms with Crippen molar-refractivity contribution in [1.82, 2.24) is 5.32 Å². The Labute approximate surface area is 70.9 Å². The zero-order valence-corrected chi connectivity index (χ0v) is 6.67. The normalized spacial score (nSPS) is 21.2. The van der Waals surface area contributed by atoms with Gasteiger partial charge in [-0.15, -0.1) is 0 Å². The van der Waals surface area contributed by atoms with Crippen LogP contribution in [0.1, 0.15) is 11.7 Å². The zero-order chi connectivity index (χ0) is 8.55. The highest BCUT2D eigenvalue weighted by molar-refractivity contribution is 5.60. The molecule has 64 valence electrons. The van der Waals surface area contributed by atoms with E-state index in [9.17, 15) is 0 Å². The van der Waals surface area contributed by atoms with Gasteiger partial charge < -0.3 is 16.8 Å². The van der Waals surface area contributed by atoms with Crippen LogP contribution in [-0.4, -0.2) is 6.67 Å². The zero-order valence-electron chi connectivity index (χ0n) is 6.67. The Morgan fingerprint density at radius 2 is 2.25 bits per heavy atom. The van der Waals surface area contributed by atoms with Crippen LogP contribution in [0.4, 0.5) is 11.4 Å². The Kier molecular flexibility index (Phi) is 1.64. The fourth-order valence-electron chi connectivity index (χ4n) is 1.37. The average molecular weight is 164 g/mol. The lowest BCUT2D eigenvalue weighted by Crippen LogP contribution is -2.37. The van der Waals surface area contributed by atoms with Gasteiger partial charge in [0.05, 0.1) is 12.8 Å². The average Bonchev–Trinajstić information content (AvgIpc) is 2.07. The van der Waals surface area contributed by atoms with E-state index >= 15 is 0 Å². The second-order valence-corrected chi connectivity index (χ2v) is 2.88. The summed E-state index contributed by atoms with van der Waals surface area (Å²) < 4.78 is 0. The topological polar surface area (TPSA) is 76.1 Å². The molecule has 2 rings (SSSR count). The van der Waals surface area contributed by atoms with E-state index < -0.39 is 0 Å². The first kappa shape index (κ1) is 7.39. The van der Waals surface area contributed by atoms with E-state index in [1.807, 2.05) is 18.2 Å². The minimum absolute atomic E-state index is 0.107. The van der Waals surface area contributed by atoms with Gasteiger partial charge in [0, 0.05) is 16.9 Å². The lowest BCUT2D eigenvalue weighted by molar-refractivity contribution is 0.561. The maximum atomic E-state index is 5.81. The smallest absolute Gasteiger partial charge is 0.0844 e. The number of hydrogen-bond donors (Lipinski definition) is 4. The molecule has 1 heterocycles. The van der Waals surface area contributed by atoms with E-state index in [2.05, 4.69) is 10.6 Å². The van der Waals surface area contributed by atoms with Crippen molar-refractivity contribution in [2.24, 2.45) is 5.73 Å². The summed E-state index contributed by atoms with van der Waals surface area (Å²) in [7, 11) is 0. The standard InChI is InChI=1S/C8H12N4/c9-5-1-2-7-6(3-5)8(10)12-4-11-7/h1-3,8,11-12H,4,9-10H2. The molecule has 1 aliphatic heterocycles. The summed E-state index contributed by atoms with van der Waals surface area (Å²) >= 11 is 0. The molecule has 1 unspecified atom stereocenters. The van der Waals surface area contributed by atoms with E-state index in [4.69, 9.17) is 11.5 Å². The minimum Gasteiger partial charge on any atom is -0.399 e. The number of benzene rings is 1. The Balaban J connectivity index is 2.47. The lowest BCUT2D eigenvalue weighted by Gasteiger charge is -2.25. The molecule has 0 saturated carbocycles. The molecule has 0 radical (unpaired) electrons. The molecule has 0 aliphatic carbocycles. The van der Waals surface area contributed by atoms with Crippen LogP contribution >= 0.6 is 0 Å². The molecule has 0 amide bonds. The van der Waals surface area contributed by atoms with Crippen LogP contribution in [0, 0.1) is 0 Å². The number of nitrogens with one attached hydrogen (secondary N) is 2. The van der Waals surface area contributed by atoms with E-state index in [0.717, 1.165) is 16.9 Å². The fourth-order valence-corrected chi connectivity index (χ4v) is 1.37. The van der Waals surface area contributed by atoms with Crippen LogP contribution in [0.25, 0.3) is 0 Å². The van der Waals surface area contributed by atoms with E-state index in [0.29, 0.717) is 6.67 Å². The summed E-state index contributed by atoms with van der Waals surface area (Å²) in [6.07, 6.45) is -0.107. The third-order valence-electron chi connectivity index (χ3n) is 2.01. The predicted molar refractivity (Wildman–Crippen MR) is 49.4 cm³/mol. The van der Waals surface area contributed by atoms with Crippen molar-refractivity contribution in [3.63, 3.8) is 0 Å². The molecule has 12 heavy (non-hydrogen) atoms. The van der Waals surface area contributed by atoms with E-state index in [1.54, 1.807) is 0 Å². The molecule has 6 N–H and O–H groups in total. The van der Waals surface area contributed by atoms with Crippen molar-refractivity contribution in [3.8, 4) is 0 Å². The van der Waals surface area contributed by atoms with Crippen LogP contribution in [0.5, 0.6) is 0 Å². The molecule has 0 saturated heterocycles. The molecule has 0 aromatic heterocycles. The quantitative estimate of drug-likeness (QED) is 0.413. The number of anilines is 2. The largest absolute Gasteiger partial charge is 0.399 e. The van der Waals surface area contributed by atoms with Crippen LogP contribution in [0.3, 0.4) is 0 Å². The number of nitrogens with two attached hydrogens (primary N) is 2. The van der Waals surface area contributed by atoms with Gasteiger partial charge in [0.25, 0.3) is 0 Å². The van der Waals surface area contributed by atoms with Crippen molar-refractivity contribution in [3.05, 3.63) is 23.8 Å². The molecule has 1 aliphatic rings. The monoisotopic (exact) mass is 164 g/mol. The molecule has 0 fully saturated rings. The summed E-state index contributed by atoms with van der Waals surface area (Å²) in [5, 5.41) is 6.25. The maximum absolute atomic E-state index is 5.81. The van der Waals surface area contributed by atoms with Crippen molar-refractivity contribution in [1.29, 1.82) is 0 Å². The van der Waals surface area contributed by atoms with Crippen LogP contribution < -0.4 is 22.1 Å². The first-order chi connectivity index (χ1) is 5.77. The molecule has 1 atom stereocenters. The third kappa shape index (κ3) is 1.11. The predicted octanol–water partition coefficient (Wildman–Crippen LogP) is 0.199. The Bertz CT molecular complexity index is 297. The van der Waals surface area contributed by atoms with Crippen LogP contribution in [0.15, 0.2) is 18.2 Å². The highest BCUT2D eigenvalue weighted by Gasteiger charge is 2.14. The Morgan fingerprint density at radius 1 is 1.42 bits per heavy atom.